The number of nitrogens with one attached hydrogen (secondary N) is 1. The van der Waals surface area contributed by atoms with E-state index in [0.29, 0.717) is 19.4 Å². The molecule has 0 bridgehead atoms. The number of hydrogen-bond donors (Lipinski definition) is 3. The molecule has 0 spiro atoms. The first-order chi connectivity index (χ1) is 42.0. The molecule has 1 amide bonds. The maximum atomic E-state index is 12.6. The lowest BCUT2D eigenvalue weighted by molar-refractivity contribution is -0.143. The standard InChI is InChI=1S/C79H153NO5/c1-3-5-7-9-11-13-15-17-19-21-22-23-24-28-31-34-37-40-43-47-51-55-59-63-67-71-77(82)76(75-81)80-78(83)72-68-64-60-56-52-48-44-41-38-35-32-29-26-25-27-30-33-36-39-42-46-50-54-58-62-66-70-74-85-79(84)73-69-65-61-57-53-49-45-20-18-16-14-12-10-8-6-4-2/h25-26,67,71,76-77,81-82H,3-24,27-66,68-70,72-75H2,1-2H3,(H,80,83)/b26-25-,71-67+. The van der Waals surface area contributed by atoms with E-state index < -0.39 is 12.1 Å². The van der Waals surface area contributed by atoms with Gasteiger partial charge in [-0.1, -0.05) is 398 Å². The summed E-state index contributed by atoms with van der Waals surface area (Å²) in [5, 5.41) is 23.3. The molecule has 0 aromatic carbocycles. The molecule has 0 fully saturated rings. The molecule has 0 saturated carbocycles. The van der Waals surface area contributed by atoms with Crippen LogP contribution in [0.4, 0.5) is 0 Å². The van der Waals surface area contributed by atoms with Crippen LogP contribution in [0.5, 0.6) is 0 Å². The molecular weight excluding hydrogens is 1040 g/mol. The number of carbonyl (C=O) groups excluding carboxylic acids is 2. The largest absolute Gasteiger partial charge is 0.466 e. The number of carbonyl (C=O) groups is 2. The number of esters is 1. The molecule has 0 aliphatic rings. The van der Waals surface area contributed by atoms with Gasteiger partial charge in [0.2, 0.25) is 5.91 Å². The highest BCUT2D eigenvalue weighted by molar-refractivity contribution is 5.76. The quantitative estimate of drug-likeness (QED) is 0.0320. The fourth-order valence-electron chi connectivity index (χ4n) is 12.5. The average Bonchev–Trinajstić information content (AvgIpc) is 3.50. The van der Waals surface area contributed by atoms with Crippen molar-refractivity contribution in [1.82, 2.24) is 5.32 Å². The SMILES string of the molecule is CCCCCCCCCCCCCCCCCCCCCCCCC/C=C/C(O)C(CO)NC(=O)CCCCCCCCCCCCC/C=C\CCCCCCCCCCCCCCOC(=O)CCCCCCCCCCCCCCCCCC. The van der Waals surface area contributed by atoms with Gasteiger partial charge in [-0.2, -0.15) is 0 Å². The molecule has 6 nitrogen and oxygen atoms in total. The number of hydrogen-bond acceptors (Lipinski definition) is 5. The zero-order valence-electron chi connectivity index (χ0n) is 57.9. The van der Waals surface area contributed by atoms with Gasteiger partial charge in [0.15, 0.2) is 0 Å². The summed E-state index contributed by atoms with van der Waals surface area (Å²) in [7, 11) is 0. The Hall–Kier alpha value is -1.66. The minimum absolute atomic E-state index is 0.0193. The molecule has 85 heavy (non-hydrogen) atoms. The lowest BCUT2D eigenvalue weighted by atomic mass is 10.0. The average molecular weight is 1200 g/mol. The number of amides is 1. The molecule has 0 aliphatic heterocycles. The maximum absolute atomic E-state index is 12.6. The highest BCUT2D eigenvalue weighted by atomic mass is 16.5. The number of unbranched alkanes of at least 4 members (excludes halogenated alkanes) is 61. The van der Waals surface area contributed by atoms with Gasteiger partial charge >= 0.3 is 5.97 Å². The molecule has 2 unspecified atom stereocenters. The van der Waals surface area contributed by atoms with E-state index in [2.05, 4.69) is 31.3 Å². The Bertz CT molecular complexity index is 1330. The summed E-state index contributed by atoms with van der Waals surface area (Å²) < 4.78 is 5.51. The number of aliphatic hydroxyl groups excluding tert-OH is 2. The van der Waals surface area contributed by atoms with E-state index >= 15 is 0 Å². The Morgan fingerprint density at radius 3 is 0.835 bits per heavy atom. The fraction of sp³-hybridized carbons (Fsp3) is 0.924. The van der Waals surface area contributed by atoms with Crippen LogP contribution in [0.2, 0.25) is 0 Å². The molecule has 0 aromatic rings. The van der Waals surface area contributed by atoms with E-state index in [1.54, 1.807) is 6.08 Å². The minimum Gasteiger partial charge on any atom is -0.466 e. The molecule has 2 atom stereocenters. The van der Waals surface area contributed by atoms with Crippen molar-refractivity contribution in [2.75, 3.05) is 13.2 Å². The number of allylic oxidation sites excluding steroid dienone is 3. The topological polar surface area (TPSA) is 95.9 Å². The summed E-state index contributed by atoms with van der Waals surface area (Å²) in [6.07, 6.45) is 95.7. The van der Waals surface area contributed by atoms with Crippen LogP contribution in [0.25, 0.3) is 0 Å². The lowest BCUT2D eigenvalue weighted by Gasteiger charge is -2.20. The Morgan fingerprint density at radius 2 is 0.553 bits per heavy atom. The molecule has 0 rings (SSSR count). The van der Waals surface area contributed by atoms with E-state index in [-0.39, 0.29) is 18.5 Å². The summed E-state index contributed by atoms with van der Waals surface area (Å²) in [6, 6.07) is -0.630. The molecule has 0 heterocycles. The summed E-state index contributed by atoms with van der Waals surface area (Å²) >= 11 is 0. The molecule has 0 aliphatic carbocycles. The monoisotopic (exact) mass is 1200 g/mol. The first-order valence-corrected chi connectivity index (χ1v) is 39.1. The van der Waals surface area contributed by atoms with E-state index in [4.69, 9.17) is 4.74 Å². The van der Waals surface area contributed by atoms with Crippen molar-refractivity contribution < 1.29 is 24.5 Å². The Balaban J connectivity index is 3.40. The normalized spacial score (nSPS) is 12.6. The van der Waals surface area contributed by atoms with Crippen molar-refractivity contribution in [2.24, 2.45) is 0 Å². The van der Waals surface area contributed by atoms with Crippen molar-refractivity contribution in [3.8, 4) is 0 Å². The number of ether oxygens (including phenoxy) is 1. The van der Waals surface area contributed by atoms with Gasteiger partial charge < -0.3 is 20.3 Å². The molecule has 3 N–H and O–H groups in total. The minimum atomic E-state index is -0.847. The first-order valence-electron chi connectivity index (χ1n) is 39.1. The van der Waals surface area contributed by atoms with E-state index in [9.17, 15) is 19.8 Å². The van der Waals surface area contributed by atoms with Crippen LogP contribution < -0.4 is 5.32 Å². The lowest BCUT2D eigenvalue weighted by Crippen LogP contribution is -2.45. The Morgan fingerprint density at radius 1 is 0.318 bits per heavy atom. The van der Waals surface area contributed by atoms with Crippen molar-refractivity contribution in [3.63, 3.8) is 0 Å². The predicted octanol–water partition coefficient (Wildman–Crippen LogP) is 25.7. The second-order valence-electron chi connectivity index (χ2n) is 27.0. The highest BCUT2D eigenvalue weighted by Crippen LogP contribution is 2.20. The maximum Gasteiger partial charge on any atom is 0.305 e. The van der Waals surface area contributed by atoms with Crippen LogP contribution in [0, 0.1) is 0 Å². The van der Waals surface area contributed by atoms with Gasteiger partial charge in [-0.15, -0.1) is 0 Å². The molecule has 6 heteroatoms. The van der Waals surface area contributed by atoms with E-state index in [1.807, 2.05) is 6.08 Å². The van der Waals surface area contributed by atoms with Crippen LogP contribution >= 0.6 is 0 Å². The van der Waals surface area contributed by atoms with Gasteiger partial charge in [0, 0.05) is 12.8 Å². The smallest absolute Gasteiger partial charge is 0.305 e. The summed E-state index contributed by atoms with van der Waals surface area (Å²) in [4.78, 5) is 24.7. The third kappa shape index (κ3) is 71.3. The number of rotatable bonds is 74. The van der Waals surface area contributed by atoms with Crippen molar-refractivity contribution in [2.45, 2.75) is 456 Å². The Labute approximate surface area is 532 Å². The zero-order chi connectivity index (χ0) is 61.3. The van der Waals surface area contributed by atoms with Crippen LogP contribution in [0.3, 0.4) is 0 Å². The van der Waals surface area contributed by atoms with Gasteiger partial charge in [-0.3, -0.25) is 9.59 Å². The van der Waals surface area contributed by atoms with Crippen molar-refractivity contribution in [3.05, 3.63) is 24.3 Å². The summed E-state index contributed by atoms with van der Waals surface area (Å²) in [5.41, 5.74) is 0. The fourth-order valence-corrected chi connectivity index (χ4v) is 12.5. The van der Waals surface area contributed by atoms with Gasteiger partial charge in [0.25, 0.3) is 0 Å². The van der Waals surface area contributed by atoms with E-state index in [1.165, 1.54) is 379 Å². The van der Waals surface area contributed by atoms with Gasteiger partial charge in [0.1, 0.15) is 0 Å². The van der Waals surface area contributed by atoms with Gasteiger partial charge in [-0.25, -0.2) is 0 Å². The third-order valence-electron chi connectivity index (χ3n) is 18.5. The highest BCUT2D eigenvalue weighted by Gasteiger charge is 2.18. The second-order valence-corrected chi connectivity index (χ2v) is 27.0. The van der Waals surface area contributed by atoms with Crippen LogP contribution in [-0.4, -0.2) is 47.4 Å². The van der Waals surface area contributed by atoms with Crippen LogP contribution in [0.1, 0.15) is 444 Å². The van der Waals surface area contributed by atoms with Gasteiger partial charge in [-0.05, 0) is 57.8 Å². The second kappa shape index (κ2) is 74.8. The van der Waals surface area contributed by atoms with E-state index in [0.717, 1.165) is 38.5 Å². The molecule has 0 saturated heterocycles. The zero-order valence-corrected chi connectivity index (χ0v) is 57.9. The van der Waals surface area contributed by atoms with Crippen molar-refractivity contribution in [1.29, 1.82) is 0 Å². The summed E-state index contributed by atoms with van der Waals surface area (Å²) in [5.74, 6) is -0.0442. The van der Waals surface area contributed by atoms with Crippen LogP contribution in [-0.2, 0) is 14.3 Å². The van der Waals surface area contributed by atoms with Gasteiger partial charge in [0.05, 0.1) is 25.4 Å². The van der Waals surface area contributed by atoms with Crippen molar-refractivity contribution >= 4 is 11.9 Å². The third-order valence-corrected chi connectivity index (χ3v) is 18.5. The first kappa shape index (κ1) is 83.3. The molecule has 504 valence electrons. The predicted molar refractivity (Wildman–Crippen MR) is 375 cm³/mol. The Kier molecular flexibility index (Phi) is 73.3. The number of aliphatic hydroxyl groups is 2. The molecular formula is C79H153NO5. The molecule has 0 aromatic heterocycles. The molecule has 0 radical (unpaired) electrons. The van der Waals surface area contributed by atoms with Crippen LogP contribution in [0.15, 0.2) is 24.3 Å². The summed E-state index contributed by atoms with van der Waals surface area (Å²) in [6.45, 7) is 4.96.